The SMILES string of the molecule is c1cc(C2CCNCC2)nc(N[C@H]2CC[C@@H](Oc3cc(N4CCOCC4)cc4nccnc34)CC2)n1. The molecule has 2 N–H and O–H groups in total. The van der Waals surface area contributed by atoms with Crippen LogP contribution in [-0.2, 0) is 4.74 Å². The molecule has 0 radical (unpaired) electrons. The monoisotopic (exact) mass is 489 g/mol. The Labute approximate surface area is 212 Å². The van der Waals surface area contributed by atoms with Gasteiger partial charge in [-0.2, -0.15) is 0 Å². The first-order valence-electron chi connectivity index (χ1n) is 13.4. The summed E-state index contributed by atoms with van der Waals surface area (Å²) in [5.41, 5.74) is 4.00. The predicted molar refractivity (Wildman–Crippen MR) is 140 cm³/mol. The number of rotatable bonds is 6. The number of piperidine rings is 1. The molecule has 1 saturated carbocycles. The number of ether oxygens (including phenoxy) is 2. The minimum absolute atomic E-state index is 0.162. The first-order chi connectivity index (χ1) is 17.8. The lowest BCUT2D eigenvalue weighted by atomic mass is 9.93. The summed E-state index contributed by atoms with van der Waals surface area (Å²) in [6.45, 7) is 5.38. The number of hydrogen-bond acceptors (Lipinski definition) is 9. The number of benzene rings is 1. The van der Waals surface area contributed by atoms with Crippen LogP contribution in [0.1, 0.15) is 50.1 Å². The van der Waals surface area contributed by atoms with Crippen LogP contribution >= 0.6 is 0 Å². The summed E-state index contributed by atoms with van der Waals surface area (Å²) < 4.78 is 12.1. The number of anilines is 2. The van der Waals surface area contributed by atoms with Gasteiger partial charge in [-0.05, 0) is 63.7 Å². The molecule has 3 aliphatic rings. The number of hydrogen-bond donors (Lipinski definition) is 2. The molecule has 0 unspecified atom stereocenters. The Balaban J connectivity index is 1.10. The Morgan fingerprint density at radius 2 is 1.72 bits per heavy atom. The molecule has 4 heterocycles. The molecule has 0 spiro atoms. The summed E-state index contributed by atoms with van der Waals surface area (Å²) in [5, 5.41) is 7.02. The van der Waals surface area contributed by atoms with Crippen LogP contribution in [0.5, 0.6) is 5.75 Å². The standard InChI is InChI=1S/C27H35N7O2/c1-3-22(4-2-20(1)32-27-31-10-7-23(33-27)19-5-8-28-9-6-19)36-25-18-21(34-13-15-35-16-14-34)17-24-26(25)30-12-11-29-24/h7,10-12,17-20,22,28H,1-6,8-9,13-16H2,(H,31,32,33)/t20-,22+. The van der Waals surface area contributed by atoms with E-state index in [1.165, 1.54) is 5.69 Å². The fourth-order valence-electron chi connectivity index (χ4n) is 5.60. The molecular formula is C27H35N7O2. The van der Waals surface area contributed by atoms with E-state index in [0.717, 1.165) is 106 Å². The van der Waals surface area contributed by atoms with Gasteiger partial charge < -0.3 is 25.0 Å². The van der Waals surface area contributed by atoms with Gasteiger partial charge in [0.2, 0.25) is 5.95 Å². The molecule has 1 aliphatic carbocycles. The topological polar surface area (TPSA) is 97.3 Å². The van der Waals surface area contributed by atoms with Gasteiger partial charge in [-0.1, -0.05) is 0 Å². The Hall–Kier alpha value is -3.04. The summed E-state index contributed by atoms with van der Waals surface area (Å²) in [6.07, 6.45) is 11.8. The van der Waals surface area contributed by atoms with Crippen LogP contribution in [-0.4, -0.2) is 71.5 Å². The van der Waals surface area contributed by atoms with Crippen molar-refractivity contribution in [3.8, 4) is 5.75 Å². The van der Waals surface area contributed by atoms with Crippen LogP contribution in [0.25, 0.3) is 11.0 Å². The Kier molecular flexibility index (Phi) is 7.09. The van der Waals surface area contributed by atoms with Crippen LogP contribution in [0.3, 0.4) is 0 Å². The van der Waals surface area contributed by atoms with E-state index in [-0.39, 0.29) is 6.10 Å². The third kappa shape index (κ3) is 5.37. The minimum Gasteiger partial charge on any atom is -0.488 e. The van der Waals surface area contributed by atoms with E-state index in [4.69, 9.17) is 14.5 Å². The van der Waals surface area contributed by atoms with Crippen molar-refractivity contribution in [3.05, 3.63) is 42.5 Å². The van der Waals surface area contributed by atoms with E-state index < -0.39 is 0 Å². The highest BCUT2D eigenvalue weighted by Gasteiger charge is 2.25. The highest BCUT2D eigenvalue weighted by Crippen LogP contribution is 2.33. The zero-order valence-electron chi connectivity index (χ0n) is 20.7. The number of nitrogens with zero attached hydrogens (tertiary/aromatic N) is 5. The summed E-state index contributed by atoms with van der Waals surface area (Å²) in [7, 11) is 0. The highest BCUT2D eigenvalue weighted by atomic mass is 16.5. The molecule has 190 valence electrons. The smallest absolute Gasteiger partial charge is 0.223 e. The zero-order valence-corrected chi connectivity index (χ0v) is 20.7. The Morgan fingerprint density at radius 1 is 0.917 bits per heavy atom. The second-order valence-corrected chi connectivity index (χ2v) is 10.0. The zero-order chi connectivity index (χ0) is 24.2. The quantitative estimate of drug-likeness (QED) is 0.539. The second kappa shape index (κ2) is 10.9. The van der Waals surface area contributed by atoms with Crippen LogP contribution < -0.4 is 20.3 Å². The molecule has 2 saturated heterocycles. The molecule has 0 atom stereocenters. The van der Waals surface area contributed by atoms with Gasteiger partial charge in [0.25, 0.3) is 0 Å². The highest BCUT2D eigenvalue weighted by molar-refractivity contribution is 5.85. The maximum Gasteiger partial charge on any atom is 0.223 e. The summed E-state index contributed by atoms with van der Waals surface area (Å²) in [5.74, 6) is 2.12. The molecule has 2 aromatic heterocycles. The fraction of sp³-hybridized carbons (Fsp3) is 0.556. The lowest BCUT2D eigenvalue weighted by Gasteiger charge is -2.31. The summed E-state index contributed by atoms with van der Waals surface area (Å²) in [4.78, 5) is 20.8. The van der Waals surface area contributed by atoms with Crippen LogP contribution in [0, 0.1) is 0 Å². The van der Waals surface area contributed by atoms with E-state index in [1.54, 1.807) is 12.4 Å². The third-order valence-corrected chi connectivity index (χ3v) is 7.64. The first-order valence-corrected chi connectivity index (χ1v) is 13.4. The second-order valence-electron chi connectivity index (χ2n) is 10.0. The van der Waals surface area contributed by atoms with Crippen molar-refractivity contribution in [1.29, 1.82) is 0 Å². The maximum atomic E-state index is 6.57. The molecule has 36 heavy (non-hydrogen) atoms. The number of nitrogens with one attached hydrogen (secondary N) is 2. The Morgan fingerprint density at radius 3 is 2.56 bits per heavy atom. The molecule has 0 amide bonds. The fourth-order valence-corrected chi connectivity index (χ4v) is 5.60. The van der Waals surface area contributed by atoms with Crippen molar-refractivity contribution in [2.75, 3.05) is 49.6 Å². The first kappa shape index (κ1) is 23.4. The van der Waals surface area contributed by atoms with Crippen molar-refractivity contribution in [3.63, 3.8) is 0 Å². The van der Waals surface area contributed by atoms with Gasteiger partial charge >= 0.3 is 0 Å². The van der Waals surface area contributed by atoms with Gasteiger partial charge in [0.15, 0.2) is 0 Å². The van der Waals surface area contributed by atoms with Gasteiger partial charge in [0, 0.05) is 61.1 Å². The molecule has 2 aliphatic heterocycles. The van der Waals surface area contributed by atoms with Crippen molar-refractivity contribution in [1.82, 2.24) is 25.3 Å². The normalized spacial score (nSPS) is 23.5. The van der Waals surface area contributed by atoms with Crippen molar-refractivity contribution in [2.45, 2.75) is 56.6 Å². The molecule has 3 fully saturated rings. The lowest BCUT2D eigenvalue weighted by Crippen LogP contribution is -2.36. The van der Waals surface area contributed by atoms with Gasteiger partial charge in [-0.15, -0.1) is 0 Å². The van der Waals surface area contributed by atoms with E-state index >= 15 is 0 Å². The third-order valence-electron chi connectivity index (χ3n) is 7.64. The van der Waals surface area contributed by atoms with Crippen LogP contribution in [0.4, 0.5) is 11.6 Å². The summed E-state index contributed by atoms with van der Waals surface area (Å²) in [6, 6.07) is 6.68. The van der Waals surface area contributed by atoms with Crippen molar-refractivity contribution in [2.24, 2.45) is 0 Å². The van der Waals surface area contributed by atoms with E-state index in [2.05, 4.69) is 48.7 Å². The summed E-state index contributed by atoms with van der Waals surface area (Å²) >= 11 is 0. The number of aromatic nitrogens is 4. The molecular weight excluding hydrogens is 454 g/mol. The van der Waals surface area contributed by atoms with Crippen LogP contribution in [0.2, 0.25) is 0 Å². The van der Waals surface area contributed by atoms with Crippen molar-refractivity contribution < 1.29 is 9.47 Å². The average molecular weight is 490 g/mol. The minimum atomic E-state index is 0.162. The van der Waals surface area contributed by atoms with Crippen LogP contribution in [0.15, 0.2) is 36.8 Å². The molecule has 1 aromatic carbocycles. The molecule has 9 heteroatoms. The molecule has 6 rings (SSSR count). The molecule has 9 nitrogen and oxygen atoms in total. The number of morpholine rings is 1. The van der Waals surface area contributed by atoms with Gasteiger partial charge in [-0.25, -0.2) is 15.0 Å². The largest absolute Gasteiger partial charge is 0.488 e. The lowest BCUT2D eigenvalue weighted by molar-refractivity contribution is 0.122. The van der Waals surface area contributed by atoms with Crippen molar-refractivity contribution >= 4 is 22.7 Å². The predicted octanol–water partition coefficient (Wildman–Crippen LogP) is 3.53. The van der Waals surface area contributed by atoms with Gasteiger partial charge in [-0.3, -0.25) is 4.98 Å². The van der Waals surface area contributed by atoms with E-state index in [0.29, 0.717) is 12.0 Å². The Bertz CT molecular complexity index is 1160. The van der Waals surface area contributed by atoms with Gasteiger partial charge in [0.1, 0.15) is 11.3 Å². The molecule has 0 bridgehead atoms. The maximum absolute atomic E-state index is 6.57. The van der Waals surface area contributed by atoms with E-state index in [1.807, 2.05) is 6.20 Å². The van der Waals surface area contributed by atoms with E-state index in [9.17, 15) is 0 Å². The van der Waals surface area contributed by atoms with Gasteiger partial charge in [0.05, 0.1) is 24.8 Å². The average Bonchev–Trinajstić information content (AvgIpc) is 2.95. The number of fused-ring (bicyclic) bond motifs is 1. The molecule has 3 aromatic rings.